The third kappa shape index (κ3) is 9.08. The van der Waals surface area contributed by atoms with Crippen LogP contribution in [0.4, 0.5) is 12.3 Å². The molecule has 222 valence electrons. The van der Waals surface area contributed by atoms with E-state index in [2.05, 4.69) is 5.32 Å². The number of halogens is 2. The second-order valence-corrected chi connectivity index (χ2v) is 10.4. The van der Waals surface area contributed by atoms with Gasteiger partial charge in [0, 0.05) is 23.5 Å². The number of aliphatic hydroxyl groups is 2. The second kappa shape index (κ2) is 16.5. The number of carboxylic acids is 1. The van der Waals surface area contributed by atoms with Crippen LogP contribution in [0.2, 0.25) is 0 Å². The van der Waals surface area contributed by atoms with Crippen molar-refractivity contribution in [2.75, 3.05) is 5.32 Å². The van der Waals surface area contributed by atoms with Gasteiger partial charge in [-0.3, -0.25) is 9.59 Å². The molecule has 0 aliphatic heterocycles. The van der Waals surface area contributed by atoms with Gasteiger partial charge in [0.25, 0.3) is 5.91 Å². The van der Waals surface area contributed by atoms with E-state index in [1.807, 2.05) is 79.1 Å². The molecule has 10 heteroatoms. The molecule has 7 nitrogen and oxygen atoms in total. The number of anilines is 1. The summed E-state index contributed by atoms with van der Waals surface area (Å²) in [4.78, 5) is 25.0. The standard InChI is InChI=1S/C33H35FN2O5.FH.Na/c1-21(2)31-30(33(41)35-25-11-7-4-8-12-25)29(22-9-5-3-6-10-22)32(23-13-15-24(34)16-14-23)36(31)18-17-26(37)19-27(38)20-28(39)40;;/h3-16,21,26-27,37-38H,17-20H2,1-2H3,(H,35,41)(H,39,40);1H;/q;;+1/p-1. The first-order valence-corrected chi connectivity index (χ1v) is 14.8. The van der Waals surface area contributed by atoms with Crippen molar-refractivity contribution in [1.29, 1.82) is 0 Å². The molecule has 0 aliphatic rings. The number of hydrogen-bond acceptors (Lipinski definition) is 4. The SMILES string of the molecule is CC(C)c1c(C(=O)Nc2ccccc2)c(-c2ccccc2)c(-c2ccc(F)cc2)n1CCC(O)CC(O)CC(=O)O.[F][Na]. The number of carboxylic acid groups (broad SMARTS) is 1. The fourth-order valence-electron chi connectivity index (χ4n) is 5.20. The van der Waals surface area contributed by atoms with Gasteiger partial charge in [0.1, 0.15) is 5.82 Å². The molecule has 3 aromatic carbocycles. The summed E-state index contributed by atoms with van der Waals surface area (Å²) in [6, 6.07) is 24.8. The normalized spacial score (nSPS) is 12.3. The molecule has 2 atom stereocenters. The number of nitrogens with one attached hydrogen (secondary N) is 1. The van der Waals surface area contributed by atoms with Crippen molar-refractivity contribution >= 4 is 46.2 Å². The van der Waals surface area contributed by atoms with E-state index >= 15 is 0 Å². The molecule has 1 heterocycles. The van der Waals surface area contributed by atoms with E-state index < -0.39 is 24.6 Å². The van der Waals surface area contributed by atoms with Crippen molar-refractivity contribution in [1.82, 2.24) is 4.57 Å². The van der Waals surface area contributed by atoms with Crippen molar-refractivity contribution in [2.45, 2.75) is 57.8 Å². The Bertz CT molecular complexity index is 1480. The van der Waals surface area contributed by atoms with Gasteiger partial charge in [-0.25, -0.2) is 4.39 Å². The topological polar surface area (TPSA) is 112 Å². The van der Waals surface area contributed by atoms with E-state index in [9.17, 15) is 26.5 Å². The molecular weight excluding hydrogens is 565 g/mol. The molecule has 1 aromatic heterocycles. The number of amides is 1. The quantitative estimate of drug-likeness (QED) is 0.142. The summed E-state index contributed by atoms with van der Waals surface area (Å²) in [5.41, 5.74) is 4.77. The third-order valence-corrected chi connectivity index (χ3v) is 6.93. The number of aromatic nitrogens is 1. The van der Waals surface area contributed by atoms with Crippen LogP contribution in [-0.4, -0.2) is 72.6 Å². The van der Waals surface area contributed by atoms with E-state index in [-0.39, 0.29) is 65.6 Å². The molecule has 4 N–H and O–H groups in total. The monoisotopic (exact) mass is 600 g/mol. The van der Waals surface area contributed by atoms with E-state index in [0.29, 0.717) is 28.1 Å². The zero-order valence-corrected chi connectivity index (χ0v) is 26.5. The molecule has 4 rings (SSSR count). The van der Waals surface area contributed by atoms with Crippen LogP contribution in [0, 0.1) is 5.82 Å². The molecule has 0 saturated carbocycles. The van der Waals surface area contributed by atoms with Crippen LogP contribution in [0.15, 0.2) is 84.9 Å². The zero-order chi connectivity index (χ0) is 31.5. The number of benzene rings is 3. The predicted octanol–water partition coefficient (Wildman–Crippen LogP) is 6.35. The van der Waals surface area contributed by atoms with Crippen LogP contribution < -0.4 is 5.32 Å². The number of para-hydroxylation sites is 1. The number of carbonyl (C=O) groups excluding carboxylic acids is 1. The minimum absolute atomic E-state index is 0.0939. The zero-order valence-electron chi connectivity index (χ0n) is 24.5. The Labute approximate surface area is 268 Å². The van der Waals surface area contributed by atoms with Crippen LogP contribution in [0.5, 0.6) is 0 Å². The molecular formula is C33H35F2N2NaO5. The first kappa shape index (κ1) is 34.2. The van der Waals surface area contributed by atoms with E-state index in [4.69, 9.17) is 5.11 Å². The van der Waals surface area contributed by atoms with E-state index in [1.54, 1.807) is 12.1 Å². The summed E-state index contributed by atoms with van der Waals surface area (Å²) >= 11 is -0.194. The Balaban J connectivity index is 0.00000248. The Hall–Kier alpha value is -3.34. The molecule has 0 aliphatic carbocycles. The molecule has 2 unspecified atom stereocenters. The Kier molecular flexibility index (Phi) is 13.1. The van der Waals surface area contributed by atoms with Gasteiger partial charge in [0.05, 0.1) is 29.9 Å². The van der Waals surface area contributed by atoms with Crippen LogP contribution in [-0.2, 0) is 11.3 Å². The number of nitrogens with zero attached hydrogens (tertiary/aromatic N) is 1. The van der Waals surface area contributed by atoms with Crippen molar-refractivity contribution in [2.24, 2.45) is 0 Å². The van der Waals surface area contributed by atoms with E-state index in [1.165, 1.54) is 12.1 Å². The summed E-state index contributed by atoms with van der Waals surface area (Å²) in [6.07, 6.45) is -2.51. The predicted molar refractivity (Wildman–Crippen MR) is 164 cm³/mol. The summed E-state index contributed by atoms with van der Waals surface area (Å²) in [6.45, 7) is 4.25. The fraction of sp³-hybridized carbons (Fsp3) is 0.273. The van der Waals surface area contributed by atoms with Crippen molar-refractivity contribution in [3.05, 3.63) is 102 Å². The van der Waals surface area contributed by atoms with Crippen LogP contribution >= 0.6 is 0 Å². The van der Waals surface area contributed by atoms with Gasteiger partial charge >= 0.3 is 36.8 Å². The van der Waals surface area contributed by atoms with Crippen LogP contribution in [0.1, 0.15) is 55.1 Å². The molecule has 1 amide bonds. The molecule has 0 saturated heterocycles. The van der Waals surface area contributed by atoms with Crippen molar-refractivity contribution in [3.63, 3.8) is 0 Å². The molecule has 0 spiro atoms. The molecule has 0 bridgehead atoms. The average Bonchev–Trinajstić information content (AvgIpc) is 3.33. The summed E-state index contributed by atoms with van der Waals surface area (Å²) in [7, 11) is 0. The fourth-order valence-corrected chi connectivity index (χ4v) is 5.20. The van der Waals surface area contributed by atoms with Gasteiger partial charge in [0.2, 0.25) is 0 Å². The Morgan fingerprint density at radius 1 is 0.860 bits per heavy atom. The summed E-state index contributed by atoms with van der Waals surface area (Å²) < 4.78 is 25.6. The minimum atomic E-state index is -1.18. The first-order chi connectivity index (χ1) is 20.7. The summed E-state index contributed by atoms with van der Waals surface area (Å²) in [5.74, 6) is -1.93. The van der Waals surface area contributed by atoms with Gasteiger partial charge in [-0.2, -0.15) is 0 Å². The van der Waals surface area contributed by atoms with Crippen LogP contribution in [0.25, 0.3) is 22.4 Å². The number of carbonyl (C=O) groups is 2. The summed E-state index contributed by atoms with van der Waals surface area (Å²) in [5, 5.41) is 32.8. The van der Waals surface area contributed by atoms with Gasteiger partial charge in [0.15, 0.2) is 0 Å². The third-order valence-electron chi connectivity index (χ3n) is 6.93. The van der Waals surface area contributed by atoms with Gasteiger partial charge in [-0.05, 0) is 66.3 Å². The maximum atomic E-state index is 14.0. The number of aliphatic carboxylic acids is 1. The molecule has 43 heavy (non-hydrogen) atoms. The van der Waals surface area contributed by atoms with E-state index in [0.717, 1.165) is 11.3 Å². The first-order valence-electron chi connectivity index (χ1n) is 14.1. The molecule has 0 fully saturated rings. The van der Waals surface area contributed by atoms with Crippen molar-refractivity contribution in [3.8, 4) is 22.4 Å². The van der Waals surface area contributed by atoms with Crippen LogP contribution in [0.3, 0.4) is 0 Å². The van der Waals surface area contributed by atoms with Crippen molar-refractivity contribution < 1.29 is 31.6 Å². The number of hydrogen-bond donors (Lipinski definition) is 4. The average molecular weight is 601 g/mol. The number of aliphatic hydroxyl groups excluding tert-OH is 2. The van der Waals surface area contributed by atoms with Gasteiger partial charge in [-0.15, -0.1) is 0 Å². The van der Waals surface area contributed by atoms with Gasteiger partial charge in [-0.1, -0.05) is 62.4 Å². The van der Waals surface area contributed by atoms with Gasteiger partial charge < -0.3 is 25.2 Å². The molecule has 0 radical (unpaired) electrons. The maximum absolute atomic E-state index is 14.0. The Morgan fingerprint density at radius 3 is 2.00 bits per heavy atom. The Morgan fingerprint density at radius 2 is 1.44 bits per heavy atom. The number of rotatable bonds is 12. The second-order valence-electron chi connectivity index (χ2n) is 10.4. The molecule has 4 aromatic rings.